The molecule has 7 rings (SSSR count). The van der Waals surface area contributed by atoms with Gasteiger partial charge in [-0.1, -0.05) is 79.4 Å². The molecule has 48 heavy (non-hydrogen) atoms. The molecule has 268 valence electrons. The fourth-order valence-electron chi connectivity index (χ4n) is 13.5. The Balaban J connectivity index is 1.28. The lowest BCUT2D eigenvalue weighted by Gasteiger charge is -2.71. The van der Waals surface area contributed by atoms with E-state index in [-0.39, 0.29) is 50.7 Å². The number of ether oxygens (including phenoxy) is 2. The normalized spacial score (nSPS) is 45.8. The van der Waals surface area contributed by atoms with Gasteiger partial charge in [-0.15, -0.1) is 0 Å². The van der Waals surface area contributed by atoms with Crippen molar-refractivity contribution in [3.05, 3.63) is 24.3 Å². The Hall–Kier alpha value is -1.77. The van der Waals surface area contributed by atoms with E-state index in [1.165, 1.54) is 19.3 Å². The number of hydrogen-bond donors (Lipinski definition) is 2. The minimum Gasteiger partial charge on any atom is -0.481 e. The topological polar surface area (TPSA) is 98.5 Å². The molecule has 1 aromatic rings. The molecule has 1 saturated heterocycles. The molecule has 4 saturated carbocycles. The molecule has 0 radical (unpaired) electrons. The zero-order chi connectivity index (χ0) is 34.3. The van der Waals surface area contributed by atoms with Crippen LogP contribution in [0.15, 0.2) is 24.3 Å². The molecule has 8 nitrogen and oxygen atoms in total. The van der Waals surface area contributed by atoms with Crippen molar-refractivity contribution in [2.75, 3.05) is 26.9 Å². The van der Waals surface area contributed by atoms with Gasteiger partial charge in [0, 0.05) is 16.4 Å². The van der Waals surface area contributed by atoms with E-state index in [2.05, 4.69) is 76.6 Å². The number of nitrogens with one attached hydrogen (secondary N) is 1. The van der Waals surface area contributed by atoms with Crippen LogP contribution < -0.4 is 5.32 Å². The Bertz CT molecular complexity index is 1390. The summed E-state index contributed by atoms with van der Waals surface area (Å²) in [6, 6.07) is 0.0595. The zero-order valence-corrected chi connectivity index (χ0v) is 31.2. The van der Waals surface area contributed by atoms with Crippen LogP contribution in [0.2, 0.25) is 0 Å². The molecule has 2 heterocycles. The standard InChI is InChI=1S/C40H64N4O4/c1-26(2)27(3)35(4)18-19-37(6)28-12-13-31-36(5)21-47-23-40(31,29(28)14-17-38(37,7)32(35)34(45)46)20-30(44-25-42-24-43-44)33(36)48-22-39(41-8)15-10-9-11-16-39/h14,24-28,30-33,41H,9-13,15-23H2,1-8H3,(H,45,46)/t27-,28+,30-,31+,32-,33+,35-,36+,37-,38+,40+/m1/s1. The lowest BCUT2D eigenvalue weighted by molar-refractivity contribution is -0.253. The summed E-state index contributed by atoms with van der Waals surface area (Å²) in [5, 5.41) is 19.5. The van der Waals surface area contributed by atoms with Crippen molar-refractivity contribution < 1.29 is 19.4 Å². The maximum atomic E-state index is 13.5. The monoisotopic (exact) mass is 664 g/mol. The van der Waals surface area contributed by atoms with Gasteiger partial charge in [-0.2, -0.15) is 5.10 Å². The highest BCUT2D eigenvalue weighted by atomic mass is 16.5. The molecule has 11 atom stereocenters. The lowest BCUT2D eigenvalue weighted by atomic mass is 9.34. The van der Waals surface area contributed by atoms with Crippen LogP contribution in [0, 0.1) is 56.7 Å². The third kappa shape index (κ3) is 4.73. The molecule has 0 aromatic carbocycles. The van der Waals surface area contributed by atoms with E-state index in [1.807, 2.05) is 6.33 Å². The molecule has 2 bridgehead atoms. The van der Waals surface area contributed by atoms with Crippen LogP contribution in [0.1, 0.15) is 125 Å². The first-order valence-corrected chi connectivity index (χ1v) is 19.4. The number of allylic oxidation sites excluding steroid dienone is 1. The van der Waals surface area contributed by atoms with Crippen molar-refractivity contribution in [1.82, 2.24) is 20.1 Å². The van der Waals surface area contributed by atoms with Gasteiger partial charge in [0.1, 0.15) is 12.7 Å². The van der Waals surface area contributed by atoms with Gasteiger partial charge in [0.05, 0.1) is 37.9 Å². The number of rotatable bonds is 8. The summed E-state index contributed by atoms with van der Waals surface area (Å²) in [6.07, 6.45) is 18.2. The highest BCUT2D eigenvalue weighted by Gasteiger charge is 2.72. The van der Waals surface area contributed by atoms with Crippen LogP contribution in [0.3, 0.4) is 0 Å². The van der Waals surface area contributed by atoms with Gasteiger partial charge in [-0.3, -0.25) is 4.79 Å². The number of fused-ring (bicyclic) bond motifs is 3. The summed E-state index contributed by atoms with van der Waals surface area (Å²) in [6.45, 7) is 18.5. The molecule has 1 aliphatic heterocycles. The van der Waals surface area contributed by atoms with E-state index >= 15 is 0 Å². The number of carbonyl (C=O) groups is 1. The van der Waals surface area contributed by atoms with E-state index in [0.29, 0.717) is 36.9 Å². The van der Waals surface area contributed by atoms with E-state index in [1.54, 1.807) is 11.9 Å². The Morgan fingerprint density at radius 1 is 1.06 bits per heavy atom. The van der Waals surface area contributed by atoms with E-state index in [4.69, 9.17) is 14.6 Å². The predicted octanol–water partition coefficient (Wildman–Crippen LogP) is 7.72. The summed E-state index contributed by atoms with van der Waals surface area (Å²) in [4.78, 5) is 17.9. The second-order valence-corrected chi connectivity index (χ2v) is 18.8. The first-order valence-electron chi connectivity index (χ1n) is 19.4. The minimum atomic E-state index is -0.600. The van der Waals surface area contributed by atoms with Crippen LogP contribution >= 0.6 is 0 Å². The number of aromatic nitrogens is 3. The molecule has 1 aromatic heterocycles. The number of likely N-dealkylation sites (N-methyl/N-ethyl adjacent to an activating group) is 1. The average Bonchev–Trinajstić information content (AvgIpc) is 3.59. The predicted molar refractivity (Wildman–Crippen MR) is 187 cm³/mol. The van der Waals surface area contributed by atoms with Crippen LogP contribution in [0.4, 0.5) is 0 Å². The van der Waals surface area contributed by atoms with Gasteiger partial charge in [-0.05, 0) is 98.3 Å². The Morgan fingerprint density at radius 3 is 2.46 bits per heavy atom. The molecule has 6 aliphatic rings. The van der Waals surface area contributed by atoms with Crippen LogP contribution in [-0.4, -0.2) is 64.4 Å². The van der Waals surface area contributed by atoms with Gasteiger partial charge in [-0.25, -0.2) is 9.67 Å². The van der Waals surface area contributed by atoms with Crippen molar-refractivity contribution in [1.29, 1.82) is 0 Å². The van der Waals surface area contributed by atoms with Gasteiger partial charge in [0.25, 0.3) is 0 Å². The maximum absolute atomic E-state index is 13.5. The van der Waals surface area contributed by atoms with Gasteiger partial charge >= 0.3 is 5.97 Å². The highest BCUT2D eigenvalue weighted by Crippen LogP contribution is 2.75. The number of carboxylic acid groups (broad SMARTS) is 1. The number of aliphatic carboxylic acids is 1. The highest BCUT2D eigenvalue weighted by molar-refractivity contribution is 5.73. The quantitative estimate of drug-likeness (QED) is 0.275. The summed E-state index contributed by atoms with van der Waals surface area (Å²) >= 11 is 0. The Labute approximate surface area is 289 Å². The third-order valence-electron chi connectivity index (χ3n) is 16.7. The third-order valence-corrected chi connectivity index (χ3v) is 16.7. The zero-order valence-electron chi connectivity index (χ0n) is 31.2. The Kier molecular flexibility index (Phi) is 8.59. The molecule has 0 unspecified atom stereocenters. The fourth-order valence-corrected chi connectivity index (χ4v) is 13.5. The summed E-state index contributed by atoms with van der Waals surface area (Å²) in [7, 11) is 2.11. The Morgan fingerprint density at radius 2 is 1.81 bits per heavy atom. The summed E-state index contributed by atoms with van der Waals surface area (Å²) in [5.74, 6) is 0.591. The largest absolute Gasteiger partial charge is 0.481 e. The second-order valence-electron chi connectivity index (χ2n) is 18.8. The smallest absolute Gasteiger partial charge is 0.307 e. The first kappa shape index (κ1) is 34.7. The summed E-state index contributed by atoms with van der Waals surface area (Å²) < 4.78 is 16.1. The number of hydrogen-bond acceptors (Lipinski definition) is 6. The number of nitrogens with zero attached hydrogens (tertiary/aromatic N) is 3. The molecule has 0 spiro atoms. The van der Waals surface area contributed by atoms with E-state index < -0.39 is 5.97 Å². The molecule has 5 fully saturated rings. The molecule has 2 N–H and O–H groups in total. The average molecular weight is 665 g/mol. The van der Waals surface area contributed by atoms with Crippen molar-refractivity contribution in [3.63, 3.8) is 0 Å². The van der Waals surface area contributed by atoms with Crippen LogP contribution in [0.5, 0.6) is 0 Å². The van der Waals surface area contributed by atoms with Gasteiger partial charge < -0.3 is 19.9 Å². The lowest BCUT2D eigenvalue weighted by Crippen LogP contribution is -2.69. The molecular formula is C40H64N4O4. The molecule has 8 heteroatoms. The minimum absolute atomic E-state index is 0.0252. The fraction of sp³-hybridized carbons (Fsp3) is 0.875. The van der Waals surface area contributed by atoms with Crippen molar-refractivity contribution >= 4 is 5.97 Å². The molecule has 0 amide bonds. The first-order chi connectivity index (χ1) is 22.7. The molecular weight excluding hydrogens is 600 g/mol. The second kappa shape index (κ2) is 11.9. The maximum Gasteiger partial charge on any atom is 0.307 e. The van der Waals surface area contributed by atoms with Gasteiger partial charge in [0.2, 0.25) is 0 Å². The van der Waals surface area contributed by atoms with Crippen molar-refractivity contribution in [2.24, 2.45) is 56.7 Å². The molecule has 5 aliphatic carbocycles. The van der Waals surface area contributed by atoms with Gasteiger partial charge in [0.15, 0.2) is 0 Å². The van der Waals surface area contributed by atoms with Crippen molar-refractivity contribution in [3.8, 4) is 0 Å². The van der Waals surface area contributed by atoms with Crippen LogP contribution in [0.25, 0.3) is 0 Å². The van der Waals surface area contributed by atoms with E-state index in [9.17, 15) is 9.90 Å². The summed E-state index contributed by atoms with van der Waals surface area (Å²) in [5.41, 5.74) is 0.643. The van der Waals surface area contributed by atoms with Crippen LogP contribution in [-0.2, 0) is 14.3 Å². The number of carboxylic acids is 1. The van der Waals surface area contributed by atoms with Crippen molar-refractivity contribution in [2.45, 2.75) is 137 Å². The van der Waals surface area contributed by atoms with E-state index in [0.717, 1.165) is 58.0 Å². The SMILES string of the molecule is CNC1(CO[C@H]2[C@H](n3cncn3)C[C@@]34COC[C@@]2(C)[C@@H]3CC[C@H]2C4=CC[C@@]3(C)[C@H](C(=O)O)[C@@](C)([C@H](C)C(C)C)CC[C@]23C)CCCCC1.